The molecule has 0 bridgehead atoms. The summed E-state index contributed by atoms with van der Waals surface area (Å²) in [6.07, 6.45) is 1.98. The molecular formula is C22H38IN5O2. The van der Waals surface area contributed by atoms with E-state index in [0.717, 1.165) is 51.6 Å². The van der Waals surface area contributed by atoms with Crippen LogP contribution in [0.5, 0.6) is 5.75 Å². The summed E-state index contributed by atoms with van der Waals surface area (Å²) in [6, 6.07) is 6.39. The number of aromatic hydroxyl groups is 1. The molecule has 0 aliphatic carbocycles. The average molecular weight is 531 g/mol. The zero-order valence-corrected chi connectivity index (χ0v) is 20.9. The summed E-state index contributed by atoms with van der Waals surface area (Å²) < 4.78 is 0. The second-order valence-electron chi connectivity index (χ2n) is 7.48. The van der Waals surface area contributed by atoms with Crippen molar-refractivity contribution in [3.63, 3.8) is 0 Å². The smallest absolute Gasteiger partial charge is 0.251 e. The number of carbonyl (C=O) groups excluding carboxylic acids is 1. The zero-order chi connectivity index (χ0) is 21.1. The highest BCUT2D eigenvalue weighted by Crippen LogP contribution is 2.17. The number of halogens is 1. The number of nitrogens with zero attached hydrogens (tertiary/aromatic N) is 3. The lowest BCUT2D eigenvalue weighted by molar-refractivity contribution is 0.0953. The monoisotopic (exact) mass is 531 g/mol. The van der Waals surface area contributed by atoms with Crippen molar-refractivity contribution >= 4 is 35.8 Å². The number of benzene rings is 1. The van der Waals surface area contributed by atoms with E-state index in [9.17, 15) is 9.90 Å². The Kier molecular flexibility index (Phi) is 12.8. The Hall–Kier alpha value is -1.55. The fraction of sp³-hybridized carbons (Fsp3) is 0.636. The molecule has 0 aromatic heterocycles. The minimum absolute atomic E-state index is 0. The third-order valence-electron chi connectivity index (χ3n) is 5.32. The van der Waals surface area contributed by atoms with E-state index < -0.39 is 0 Å². The van der Waals surface area contributed by atoms with Crippen molar-refractivity contribution < 1.29 is 9.90 Å². The summed E-state index contributed by atoms with van der Waals surface area (Å²) in [4.78, 5) is 21.7. The summed E-state index contributed by atoms with van der Waals surface area (Å²) in [6.45, 7) is 14.1. The van der Waals surface area contributed by atoms with Crippen LogP contribution in [-0.4, -0.2) is 79.1 Å². The summed E-state index contributed by atoms with van der Waals surface area (Å²) in [7, 11) is 0. The molecule has 0 radical (unpaired) electrons. The molecule has 1 saturated heterocycles. The van der Waals surface area contributed by atoms with E-state index in [0.29, 0.717) is 24.6 Å². The molecule has 1 atom stereocenters. The predicted molar refractivity (Wildman–Crippen MR) is 134 cm³/mol. The van der Waals surface area contributed by atoms with Crippen molar-refractivity contribution in [2.75, 3.05) is 52.4 Å². The molecular weight excluding hydrogens is 493 g/mol. The summed E-state index contributed by atoms with van der Waals surface area (Å²) in [5.41, 5.74) is 0.471. The van der Waals surface area contributed by atoms with E-state index in [1.807, 2.05) is 0 Å². The van der Waals surface area contributed by atoms with Gasteiger partial charge in [-0.25, -0.2) is 0 Å². The van der Waals surface area contributed by atoms with Crippen LogP contribution in [0.15, 0.2) is 29.3 Å². The third kappa shape index (κ3) is 8.67. The van der Waals surface area contributed by atoms with Gasteiger partial charge in [0.1, 0.15) is 5.75 Å². The van der Waals surface area contributed by atoms with Gasteiger partial charge >= 0.3 is 0 Å². The molecule has 1 heterocycles. The van der Waals surface area contributed by atoms with E-state index in [-0.39, 0.29) is 35.6 Å². The molecule has 0 saturated carbocycles. The van der Waals surface area contributed by atoms with Gasteiger partial charge in [0.05, 0.1) is 0 Å². The van der Waals surface area contributed by atoms with Gasteiger partial charge in [0.2, 0.25) is 0 Å². The zero-order valence-electron chi connectivity index (χ0n) is 18.6. The van der Waals surface area contributed by atoms with Crippen LogP contribution in [-0.2, 0) is 0 Å². The largest absolute Gasteiger partial charge is 0.508 e. The number of phenolic OH excluding ortho intramolecular Hbond substituents is 1. The summed E-state index contributed by atoms with van der Waals surface area (Å²) in [5, 5.41) is 15.8. The van der Waals surface area contributed by atoms with Gasteiger partial charge in [0, 0.05) is 44.8 Å². The summed E-state index contributed by atoms with van der Waals surface area (Å²) in [5.74, 6) is 1.60. The normalized spacial score (nSPS) is 16.5. The maximum atomic E-state index is 12.1. The first kappa shape index (κ1) is 26.5. The molecule has 2 rings (SSSR count). The van der Waals surface area contributed by atoms with Crippen LogP contribution in [0.1, 0.15) is 44.0 Å². The standard InChI is InChI=1S/C22H37N5O2.HI/c1-4-23-22(27-14-11-18(17-27)16-26(5-2)6-3)25-13-8-12-24-21(29)19-9-7-10-20(28)15-19;/h7,9-10,15,18,28H,4-6,8,11-14,16-17H2,1-3H3,(H,23,25)(H,24,29);1H. The number of nitrogens with one attached hydrogen (secondary N) is 2. The second-order valence-corrected chi connectivity index (χ2v) is 7.48. The first-order valence-corrected chi connectivity index (χ1v) is 10.9. The van der Waals surface area contributed by atoms with Gasteiger partial charge in [-0.15, -0.1) is 24.0 Å². The van der Waals surface area contributed by atoms with Crippen LogP contribution in [0.4, 0.5) is 0 Å². The van der Waals surface area contributed by atoms with Crippen LogP contribution in [0, 0.1) is 5.92 Å². The number of hydrogen-bond donors (Lipinski definition) is 3. The van der Waals surface area contributed by atoms with E-state index in [1.165, 1.54) is 12.5 Å². The quantitative estimate of drug-likeness (QED) is 0.187. The number of rotatable bonds is 10. The highest BCUT2D eigenvalue weighted by Gasteiger charge is 2.25. The number of phenols is 1. The minimum Gasteiger partial charge on any atom is -0.508 e. The van der Waals surface area contributed by atoms with Crippen molar-refractivity contribution in [2.45, 2.75) is 33.6 Å². The van der Waals surface area contributed by atoms with Gasteiger partial charge in [0.25, 0.3) is 5.91 Å². The van der Waals surface area contributed by atoms with Crippen LogP contribution in [0.3, 0.4) is 0 Å². The maximum absolute atomic E-state index is 12.1. The van der Waals surface area contributed by atoms with Gasteiger partial charge in [-0.3, -0.25) is 9.79 Å². The van der Waals surface area contributed by atoms with Crippen molar-refractivity contribution in [1.82, 2.24) is 20.4 Å². The lowest BCUT2D eigenvalue weighted by atomic mass is 10.1. The van der Waals surface area contributed by atoms with E-state index >= 15 is 0 Å². The molecule has 170 valence electrons. The SMILES string of the molecule is CCNC(=NCCCNC(=O)c1cccc(O)c1)N1CCC(CN(CC)CC)C1.I. The van der Waals surface area contributed by atoms with Gasteiger partial charge in [0.15, 0.2) is 5.96 Å². The van der Waals surface area contributed by atoms with Crippen LogP contribution in [0.2, 0.25) is 0 Å². The molecule has 3 N–H and O–H groups in total. The highest BCUT2D eigenvalue weighted by molar-refractivity contribution is 14.0. The number of carbonyl (C=O) groups is 1. The van der Waals surface area contributed by atoms with Gasteiger partial charge in [-0.2, -0.15) is 0 Å². The van der Waals surface area contributed by atoms with Gasteiger partial charge < -0.3 is 25.5 Å². The van der Waals surface area contributed by atoms with Gasteiger partial charge in [-0.05, 0) is 57.0 Å². The fourth-order valence-electron chi connectivity index (χ4n) is 3.66. The van der Waals surface area contributed by atoms with E-state index in [2.05, 4.69) is 41.2 Å². The molecule has 1 unspecified atom stereocenters. The number of amides is 1. The predicted octanol–water partition coefficient (Wildman–Crippen LogP) is 2.76. The van der Waals surface area contributed by atoms with Crippen molar-refractivity contribution in [1.29, 1.82) is 0 Å². The Morgan fingerprint density at radius 2 is 2.03 bits per heavy atom. The number of guanidine groups is 1. The van der Waals surface area contributed by atoms with Crippen molar-refractivity contribution in [3.05, 3.63) is 29.8 Å². The second kappa shape index (κ2) is 14.5. The molecule has 30 heavy (non-hydrogen) atoms. The number of aliphatic imine (C=N–C) groups is 1. The Balaban J connectivity index is 0.00000450. The maximum Gasteiger partial charge on any atom is 0.251 e. The number of hydrogen-bond acceptors (Lipinski definition) is 4. The van der Waals surface area contributed by atoms with E-state index in [4.69, 9.17) is 4.99 Å². The lowest BCUT2D eigenvalue weighted by Crippen LogP contribution is -2.41. The Bertz CT molecular complexity index is 667. The molecule has 1 aliphatic heterocycles. The Morgan fingerprint density at radius 1 is 1.27 bits per heavy atom. The van der Waals surface area contributed by atoms with Crippen LogP contribution in [0.25, 0.3) is 0 Å². The first-order valence-electron chi connectivity index (χ1n) is 10.9. The number of likely N-dealkylation sites (tertiary alicyclic amines) is 1. The molecule has 0 spiro atoms. The van der Waals surface area contributed by atoms with Crippen molar-refractivity contribution in [3.8, 4) is 5.75 Å². The Morgan fingerprint density at radius 3 is 2.70 bits per heavy atom. The molecule has 1 aromatic rings. The fourth-order valence-corrected chi connectivity index (χ4v) is 3.66. The highest BCUT2D eigenvalue weighted by atomic mass is 127. The average Bonchev–Trinajstić information content (AvgIpc) is 3.19. The van der Waals surface area contributed by atoms with Crippen LogP contribution < -0.4 is 10.6 Å². The summed E-state index contributed by atoms with van der Waals surface area (Å²) >= 11 is 0. The first-order chi connectivity index (χ1) is 14.1. The minimum atomic E-state index is -0.171. The topological polar surface area (TPSA) is 80.2 Å². The molecule has 1 aromatic carbocycles. The third-order valence-corrected chi connectivity index (χ3v) is 5.32. The van der Waals surface area contributed by atoms with Crippen molar-refractivity contribution in [2.24, 2.45) is 10.9 Å². The van der Waals surface area contributed by atoms with Gasteiger partial charge in [-0.1, -0.05) is 19.9 Å². The molecule has 1 fully saturated rings. The van der Waals surface area contributed by atoms with E-state index in [1.54, 1.807) is 18.2 Å². The molecule has 1 amide bonds. The Labute approximate surface area is 198 Å². The lowest BCUT2D eigenvalue weighted by Gasteiger charge is -2.24. The van der Waals surface area contributed by atoms with Crippen LogP contribution >= 0.6 is 24.0 Å². The molecule has 7 nitrogen and oxygen atoms in total. The molecule has 1 aliphatic rings. The molecule has 8 heteroatoms.